The van der Waals surface area contributed by atoms with Crippen molar-refractivity contribution in [1.82, 2.24) is 5.32 Å². The first-order valence-electron chi connectivity index (χ1n) is 10.1. The lowest BCUT2D eigenvalue weighted by Crippen LogP contribution is -2.31. The zero-order valence-electron chi connectivity index (χ0n) is 17.8. The smallest absolute Gasteiger partial charge is 0.127 e. The van der Waals surface area contributed by atoms with Crippen LogP contribution in [-0.4, -0.2) is 38.6 Å². The first-order valence-corrected chi connectivity index (χ1v) is 10.1. The molecule has 0 unspecified atom stereocenters. The fourth-order valence-corrected chi connectivity index (χ4v) is 3.22. The van der Waals surface area contributed by atoms with Crippen LogP contribution in [0.25, 0.3) is 0 Å². The number of rotatable bonds is 11. The van der Waals surface area contributed by atoms with Gasteiger partial charge in [0.15, 0.2) is 0 Å². The Morgan fingerprint density at radius 1 is 0.839 bits per heavy atom. The van der Waals surface area contributed by atoms with Crippen molar-refractivity contribution < 1.29 is 23.7 Å². The largest absolute Gasteiger partial charge is 0.497 e. The average molecular weight is 426 g/mol. The Labute approximate surface area is 182 Å². The number of nitrogens with one attached hydrogen (secondary N) is 1. The van der Waals surface area contributed by atoms with E-state index in [-0.39, 0.29) is 25.1 Å². The van der Waals surface area contributed by atoms with E-state index < -0.39 is 6.10 Å². The number of hydrogen-bond acceptors (Lipinski definition) is 5. The second kappa shape index (κ2) is 11.5. The Morgan fingerprint density at radius 3 is 1.90 bits per heavy atom. The molecule has 0 fully saturated rings. The molecule has 3 rings (SSSR count). The first kappa shape index (κ1) is 22.7. The van der Waals surface area contributed by atoms with Gasteiger partial charge in [-0.25, -0.2) is 4.39 Å². The second-order valence-corrected chi connectivity index (χ2v) is 7.14. The fraction of sp³-hybridized carbons (Fsp3) is 0.280. The van der Waals surface area contributed by atoms with Crippen molar-refractivity contribution in [2.24, 2.45) is 0 Å². The molecule has 0 saturated heterocycles. The predicted molar refractivity (Wildman–Crippen MR) is 118 cm³/mol. The molecule has 0 aliphatic rings. The highest BCUT2D eigenvalue weighted by Crippen LogP contribution is 2.29. The van der Waals surface area contributed by atoms with Crippen LogP contribution in [0, 0.1) is 5.82 Å². The van der Waals surface area contributed by atoms with Gasteiger partial charge in [0.05, 0.1) is 26.9 Å². The van der Waals surface area contributed by atoms with Crippen molar-refractivity contribution in [2.75, 3.05) is 27.4 Å². The molecular formula is C25H28FNO4. The molecular weight excluding hydrogens is 397 g/mol. The van der Waals surface area contributed by atoms with E-state index in [0.717, 1.165) is 22.6 Å². The monoisotopic (exact) mass is 425 g/mol. The van der Waals surface area contributed by atoms with Crippen molar-refractivity contribution in [1.29, 1.82) is 0 Å². The Kier molecular flexibility index (Phi) is 8.41. The van der Waals surface area contributed by atoms with Crippen LogP contribution in [0.1, 0.15) is 22.8 Å². The summed E-state index contributed by atoms with van der Waals surface area (Å²) in [6, 6.07) is 21.8. The van der Waals surface area contributed by atoms with Crippen molar-refractivity contribution in [3.63, 3.8) is 0 Å². The van der Waals surface area contributed by atoms with Crippen molar-refractivity contribution in [3.05, 3.63) is 95.3 Å². The molecule has 1 atom stereocenters. The number of aliphatic hydroxyl groups excluding tert-OH is 1. The molecule has 0 bridgehead atoms. The van der Waals surface area contributed by atoms with Gasteiger partial charge in [0.2, 0.25) is 0 Å². The van der Waals surface area contributed by atoms with E-state index in [1.54, 1.807) is 32.4 Å². The van der Waals surface area contributed by atoms with Crippen LogP contribution in [0.3, 0.4) is 0 Å². The third kappa shape index (κ3) is 6.52. The van der Waals surface area contributed by atoms with E-state index in [9.17, 15) is 9.50 Å². The Balaban J connectivity index is 1.62. The van der Waals surface area contributed by atoms with Crippen molar-refractivity contribution in [3.8, 4) is 11.5 Å². The summed E-state index contributed by atoms with van der Waals surface area (Å²) in [4.78, 5) is 0. The number of ether oxygens (including phenoxy) is 3. The summed E-state index contributed by atoms with van der Waals surface area (Å²) < 4.78 is 30.3. The van der Waals surface area contributed by atoms with Gasteiger partial charge in [0.25, 0.3) is 0 Å². The summed E-state index contributed by atoms with van der Waals surface area (Å²) in [6.07, 6.45) is -1.11. The maximum absolute atomic E-state index is 13.7. The molecule has 31 heavy (non-hydrogen) atoms. The molecule has 0 spiro atoms. The predicted octanol–water partition coefficient (Wildman–Crippen LogP) is 4.10. The molecule has 0 saturated carbocycles. The average Bonchev–Trinajstić information content (AvgIpc) is 2.81. The summed E-state index contributed by atoms with van der Waals surface area (Å²) in [5.41, 5.74) is 2.44. The van der Waals surface area contributed by atoms with Gasteiger partial charge < -0.3 is 24.6 Å². The number of aliphatic hydroxyl groups is 1. The summed E-state index contributed by atoms with van der Waals surface area (Å²) in [7, 11) is 3.24. The van der Waals surface area contributed by atoms with E-state index in [1.165, 1.54) is 6.07 Å². The third-order valence-electron chi connectivity index (χ3n) is 4.95. The van der Waals surface area contributed by atoms with E-state index in [1.807, 2.05) is 48.5 Å². The van der Waals surface area contributed by atoms with Crippen molar-refractivity contribution in [2.45, 2.75) is 18.8 Å². The minimum atomic E-state index is -0.745. The quantitative estimate of drug-likeness (QED) is 0.484. The van der Waals surface area contributed by atoms with Crippen LogP contribution < -0.4 is 14.8 Å². The Morgan fingerprint density at radius 2 is 1.39 bits per heavy atom. The highest BCUT2D eigenvalue weighted by Gasteiger charge is 2.17. The molecule has 0 aromatic heterocycles. The van der Waals surface area contributed by atoms with Crippen LogP contribution in [0.5, 0.6) is 11.5 Å². The lowest BCUT2D eigenvalue weighted by Gasteiger charge is -2.22. The minimum absolute atomic E-state index is 0.118. The lowest BCUT2D eigenvalue weighted by atomic mass is 10.0. The third-order valence-corrected chi connectivity index (χ3v) is 4.95. The highest BCUT2D eigenvalue weighted by atomic mass is 19.1. The van der Waals surface area contributed by atoms with Gasteiger partial charge in [-0.2, -0.15) is 0 Å². The number of methoxy groups -OCH3 is 2. The maximum Gasteiger partial charge on any atom is 0.127 e. The molecule has 3 aromatic rings. The maximum atomic E-state index is 13.7. The van der Waals surface area contributed by atoms with Crippen LogP contribution >= 0.6 is 0 Å². The van der Waals surface area contributed by atoms with Gasteiger partial charge in [-0.15, -0.1) is 0 Å². The van der Waals surface area contributed by atoms with Gasteiger partial charge in [-0.1, -0.05) is 42.5 Å². The molecule has 2 N–H and O–H groups in total. The molecule has 164 valence electrons. The second-order valence-electron chi connectivity index (χ2n) is 7.14. The molecule has 0 heterocycles. The molecule has 3 aromatic carbocycles. The zero-order chi connectivity index (χ0) is 22.1. The Hall–Kier alpha value is -2.93. The number of benzene rings is 3. The van der Waals surface area contributed by atoms with E-state index in [4.69, 9.17) is 14.2 Å². The van der Waals surface area contributed by atoms with E-state index in [2.05, 4.69) is 5.32 Å². The van der Waals surface area contributed by atoms with Crippen molar-refractivity contribution >= 4 is 0 Å². The topological polar surface area (TPSA) is 60.0 Å². The summed E-state index contributed by atoms with van der Waals surface area (Å²) >= 11 is 0. The van der Waals surface area contributed by atoms with Crippen LogP contribution in [0.15, 0.2) is 72.8 Å². The summed E-state index contributed by atoms with van der Waals surface area (Å²) in [5.74, 6) is 1.25. The molecule has 0 radical (unpaired) electrons. The lowest BCUT2D eigenvalue weighted by molar-refractivity contribution is 0.00644. The van der Waals surface area contributed by atoms with Gasteiger partial charge >= 0.3 is 0 Å². The van der Waals surface area contributed by atoms with Gasteiger partial charge in [-0.05, 0) is 41.5 Å². The van der Waals surface area contributed by atoms with E-state index in [0.29, 0.717) is 12.1 Å². The number of hydrogen-bond donors (Lipinski definition) is 2. The molecule has 0 amide bonds. The number of halogens is 1. The molecule has 0 aliphatic heterocycles. The fourth-order valence-electron chi connectivity index (χ4n) is 3.22. The Bertz CT molecular complexity index is 884. The van der Waals surface area contributed by atoms with Crippen LogP contribution in [0.2, 0.25) is 0 Å². The van der Waals surface area contributed by atoms with Gasteiger partial charge in [0.1, 0.15) is 23.4 Å². The first-order chi connectivity index (χ1) is 15.1. The summed E-state index contributed by atoms with van der Waals surface area (Å²) in [5, 5.41) is 13.5. The zero-order valence-corrected chi connectivity index (χ0v) is 17.8. The molecule has 6 heteroatoms. The van der Waals surface area contributed by atoms with E-state index >= 15 is 0 Å². The van der Waals surface area contributed by atoms with Crippen LogP contribution in [0.4, 0.5) is 4.39 Å². The van der Waals surface area contributed by atoms with Gasteiger partial charge in [-0.3, -0.25) is 0 Å². The normalized spacial score (nSPS) is 12.0. The van der Waals surface area contributed by atoms with Crippen LogP contribution in [-0.2, 0) is 11.3 Å². The minimum Gasteiger partial charge on any atom is -0.497 e. The SMILES string of the molecule is COc1ccc(C(OC[C@@H](O)CNCc2ccccc2F)c2ccc(OC)cc2)cc1. The standard InChI is InChI=1S/C25H28FNO4/c1-29-22-11-7-18(8-12-22)25(19-9-13-23(30-2)14-10-19)31-17-21(28)16-27-15-20-5-3-4-6-24(20)26/h3-14,21,25,27-28H,15-17H2,1-2H3/t21-/m0/s1. The molecule has 0 aliphatic carbocycles. The van der Waals surface area contributed by atoms with Gasteiger partial charge in [0, 0.05) is 18.7 Å². The molecule has 5 nitrogen and oxygen atoms in total. The highest BCUT2D eigenvalue weighted by molar-refractivity contribution is 5.36. The summed E-state index contributed by atoms with van der Waals surface area (Å²) in [6.45, 7) is 0.739.